The fraction of sp³-hybridized carbons (Fsp3) is 0.0625. The summed E-state index contributed by atoms with van der Waals surface area (Å²) in [5, 5.41) is 0. The van der Waals surface area contributed by atoms with E-state index in [1.807, 2.05) is 0 Å². The minimum Gasteiger partial charge on any atom is -0.415 e. The van der Waals surface area contributed by atoms with Crippen LogP contribution in [0.25, 0.3) is 16.9 Å². The van der Waals surface area contributed by atoms with E-state index in [0.29, 0.717) is 12.1 Å². The summed E-state index contributed by atoms with van der Waals surface area (Å²) in [5.41, 5.74) is -0.548. The van der Waals surface area contributed by atoms with Crippen molar-refractivity contribution < 1.29 is 26.0 Å². The van der Waals surface area contributed by atoms with Gasteiger partial charge in [-0.2, -0.15) is 0 Å². The molecule has 3 rings (SSSR count). The molecule has 9 heteroatoms. The molecule has 0 fully saturated rings. The van der Waals surface area contributed by atoms with Crippen LogP contribution >= 0.6 is 0 Å². The molecular weight excluding hydrogens is 359 g/mol. The standard InChI is InChI=1S/C16H10F3NO4S/c1-25(22,23)15-7-12(18)11(6-13(15)19)14-8-24-16(21)20(14)10-4-2-3-9(17)5-10/h2-8H,1H3. The highest BCUT2D eigenvalue weighted by atomic mass is 32.2. The maximum absolute atomic E-state index is 14.4. The Morgan fingerprint density at radius 2 is 1.76 bits per heavy atom. The van der Waals surface area contributed by atoms with Gasteiger partial charge in [-0.3, -0.25) is 0 Å². The second-order valence-electron chi connectivity index (χ2n) is 5.24. The van der Waals surface area contributed by atoms with E-state index in [9.17, 15) is 26.4 Å². The Morgan fingerprint density at radius 1 is 1.04 bits per heavy atom. The predicted octanol–water partition coefficient (Wildman–Crippen LogP) is 2.92. The summed E-state index contributed by atoms with van der Waals surface area (Å²) in [6.45, 7) is 0. The van der Waals surface area contributed by atoms with Gasteiger partial charge < -0.3 is 4.42 Å². The lowest BCUT2D eigenvalue weighted by Gasteiger charge is -2.09. The van der Waals surface area contributed by atoms with E-state index < -0.39 is 43.5 Å². The van der Waals surface area contributed by atoms with Gasteiger partial charge in [0.25, 0.3) is 0 Å². The Bertz CT molecular complexity index is 1130. The maximum atomic E-state index is 14.4. The van der Waals surface area contributed by atoms with Crippen molar-refractivity contribution in [1.29, 1.82) is 0 Å². The van der Waals surface area contributed by atoms with Crippen LogP contribution in [0.2, 0.25) is 0 Å². The minimum absolute atomic E-state index is 0.0424. The fourth-order valence-electron chi connectivity index (χ4n) is 2.36. The molecule has 3 aromatic rings. The Morgan fingerprint density at radius 3 is 2.40 bits per heavy atom. The first-order valence-electron chi connectivity index (χ1n) is 6.84. The van der Waals surface area contributed by atoms with E-state index >= 15 is 0 Å². The monoisotopic (exact) mass is 369 g/mol. The highest BCUT2D eigenvalue weighted by molar-refractivity contribution is 7.90. The summed E-state index contributed by atoms with van der Waals surface area (Å²) in [6.07, 6.45) is 1.62. The lowest BCUT2D eigenvalue weighted by molar-refractivity contribution is 0.503. The highest BCUT2D eigenvalue weighted by Gasteiger charge is 2.22. The summed E-state index contributed by atoms with van der Waals surface area (Å²) in [5.74, 6) is -3.84. The molecule has 0 amide bonds. The second-order valence-corrected chi connectivity index (χ2v) is 7.22. The molecule has 0 bridgehead atoms. The number of rotatable bonds is 3. The minimum atomic E-state index is -3.97. The molecule has 0 aliphatic heterocycles. The zero-order valence-electron chi connectivity index (χ0n) is 12.7. The van der Waals surface area contributed by atoms with Crippen LogP contribution in [0.5, 0.6) is 0 Å². The van der Waals surface area contributed by atoms with Crippen molar-refractivity contribution in [3.8, 4) is 16.9 Å². The van der Waals surface area contributed by atoms with Crippen LogP contribution in [0.3, 0.4) is 0 Å². The molecule has 0 spiro atoms. The molecule has 0 atom stereocenters. The first kappa shape index (κ1) is 17.0. The molecule has 1 aromatic heterocycles. The normalized spacial score (nSPS) is 11.7. The van der Waals surface area contributed by atoms with Gasteiger partial charge in [-0.05, 0) is 30.3 Å². The van der Waals surface area contributed by atoms with Gasteiger partial charge >= 0.3 is 5.76 Å². The summed E-state index contributed by atoms with van der Waals surface area (Å²) >= 11 is 0. The van der Waals surface area contributed by atoms with Crippen molar-refractivity contribution in [2.45, 2.75) is 4.90 Å². The number of oxazole rings is 1. The third kappa shape index (κ3) is 3.10. The van der Waals surface area contributed by atoms with Crippen LogP contribution < -0.4 is 5.76 Å². The van der Waals surface area contributed by atoms with Crippen LogP contribution in [-0.4, -0.2) is 19.2 Å². The van der Waals surface area contributed by atoms with Crippen molar-refractivity contribution in [3.63, 3.8) is 0 Å². The van der Waals surface area contributed by atoms with E-state index in [-0.39, 0.29) is 11.4 Å². The number of benzene rings is 2. The number of halogens is 3. The van der Waals surface area contributed by atoms with E-state index in [4.69, 9.17) is 4.42 Å². The van der Waals surface area contributed by atoms with Crippen molar-refractivity contribution >= 4 is 9.84 Å². The topological polar surface area (TPSA) is 69.3 Å². The van der Waals surface area contributed by atoms with Crippen LogP contribution in [0.15, 0.2) is 56.8 Å². The summed E-state index contributed by atoms with van der Waals surface area (Å²) in [7, 11) is -3.97. The molecule has 1 heterocycles. The van der Waals surface area contributed by atoms with Gasteiger partial charge in [0.2, 0.25) is 0 Å². The molecule has 0 N–H and O–H groups in total. The predicted molar refractivity (Wildman–Crippen MR) is 82.7 cm³/mol. The third-order valence-electron chi connectivity index (χ3n) is 3.46. The molecule has 130 valence electrons. The second kappa shape index (κ2) is 5.92. The van der Waals surface area contributed by atoms with Gasteiger partial charge in [0, 0.05) is 11.8 Å². The Hall–Kier alpha value is -2.81. The lowest BCUT2D eigenvalue weighted by atomic mass is 10.1. The SMILES string of the molecule is CS(=O)(=O)c1cc(F)c(-c2coc(=O)n2-c2cccc(F)c2)cc1F. The maximum Gasteiger partial charge on any atom is 0.424 e. The number of hydrogen-bond donors (Lipinski definition) is 0. The van der Waals surface area contributed by atoms with E-state index in [2.05, 4.69) is 0 Å². The van der Waals surface area contributed by atoms with Gasteiger partial charge in [0.05, 0.1) is 11.4 Å². The fourth-order valence-corrected chi connectivity index (χ4v) is 3.09. The smallest absolute Gasteiger partial charge is 0.415 e. The molecule has 0 unspecified atom stereocenters. The number of sulfone groups is 1. The Labute approximate surface area is 139 Å². The van der Waals surface area contributed by atoms with Crippen LogP contribution in [0.4, 0.5) is 13.2 Å². The largest absolute Gasteiger partial charge is 0.424 e. The molecule has 5 nitrogen and oxygen atoms in total. The van der Waals surface area contributed by atoms with Gasteiger partial charge in [0.1, 0.15) is 28.6 Å². The first-order chi connectivity index (χ1) is 11.7. The molecular formula is C16H10F3NO4S. The van der Waals surface area contributed by atoms with Gasteiger partial charge in [-0.25, -0.2) is 31.0 Å². The van der Waals surface area contributed by atoms with Gasteiger partial charge in [0.15, 0.2) is 9.84 Å². The van der Waals surface area contributed by atoms with Crippen LogP contribution in [-0.2, 0) is 9.84 Å². The van der Waals surface area contributed by atoms with E-state index in [1.54, 1.807) is 0 Å². The Kier molecular flexibility index (Phi) is 4.03. The summed E-state index contributed by atoms with van der Waals surface area (Å²) in [4.78, 5) is 11.1. The van der Waals surface area contributed by atoms with E-state index in [1.165, 1.54) is 12.1 Å². The molecule has 25 heavy (non-hydrogen) atoms. The van der Waals surface area contributed by atoms with Gasteiger partial charge in [-0.15, -0.1) is 0 Å². The van der Waals surface area contributed by atoms with Gasteiger partial charge in [-0.1, -0.05) is 6.07 Å². The highest BCUT2D eigenvalue weighted by Crippen LogP contribution is 2.28. The average Bonchev–Trinajstić information content (AvgIpc) is 2.89. The Balaban J connectivity index is 2.26. The van der Waals surface area contributed by atoms with Crippen LogP contribution in [0.1, 0.15) is 0 Å². The van der Waals surface area contributed by atoms with Crippen molar-refractivity contribution in [2.75, 3.05) is 6.26 Å². The molecule has 2 aromatic carbocycles. The van der Waals surface area contributed by atoms with Crippen molar-refractivity contribution in [2.24, 2.45) is 0 Å². The summed E-state index contributed by atoms with van der Waals surface area (Å²) < 4.78 is 70.4. The molecule has 0 radical (unpaired) electrons. The number of aromatic nitrogens is 1. The molecule has 0 saturated heterocycles. The lowest BCUT2D eigenvalue weighted by Crippen LogP contribution is -2.14. The average molecular weight is 369 g/mol. The zero-order valence-corrected chi connectivity index (χ0v) is 13.5. The van der Waals surface area contributed by atoms with Crippen molar-refractivity contribution in [3.05, 3.63) is 70.7 Å². The number of nitrogens with zero attached hydrogens (tertiary/aromatic N) is 1. The van der Waals surface area contributed by atoms with Crippen LogP contribution in [0, 0.1) is 17.5 Å². The quantitative estimate of drug-likeness (QED) is 0.712. The molecule has 0 aliphatic carbocycles. The molecule has 0 aliphatic rings. The van der Waals surface area contributed by atoms with Crippen molar-refractivity contribution in [1.82, 2.24) is 4.57 Å². The van der Waals surface area contributed by atoms with E-state index in [0.717, 1.165) is 29.2 Å². The summed E-state index contributed by atoms with van der Waals surface area (Å²) in [6, 6.07) is 6.04. The third-order valence-corrected chi connectivity index (χ3v) is 4.57. The first-order valence-corrected chi connectivity index (χ1v) is 8.73. The zero-order chi connectivity index (χ0) is 18.4. The number of hydrogen-bond acceptors (Lipinski definition) is 4. The molecule has 0 saturated carbocycles.